The second-order valence-electron chi connectivity index (χ2n) is 5.56. The molecule has 1 saturated carbocycles. The van der Waals surface area contributed by atoms with Gasteiger partial charge in [0.05, 0.1) is 12.7 Å². The van der Waals surface area contributed by atoms with Crippen molar-refractivity contribution < 1.29 is 4.74 Å². The van der Waals surface area contributed by atoms with Crippen LogP contribution in [-0.4, -0.2) is 11.9 Å². The first-order chi connectivity index (χ1) is 8.76. The molecule has 1 aromatic rings. The number of hydrogen-bond acceptors (Lipinski definition) is 1. The predicted octanol–water partition coefficient (Wildman–Crippen LogP) is 5.11. The number of hydrogen-bond donors (Lipinski definition) is 0. The minimum Gasteiger partial charge on any atom is -0.373 e. The van der Waals surface area contributed by atoms with Gasteiger partial charge in [-0.1, -0.05) is 65.5 Å². The van der Waals surface area contributed by atoms with Crippen LogP contribution in [0.15, 0.2) is 30.3 Å². The summed E-state index contributed by atoms with van der Waals surface area (Å²) in [5.74, 6) is 0. The van der Waals surface area contributed by atoms with Gasteiger partial charge in [0.2, 0.25) is 0 Å². The summed E-state index contributed by atoms with van der Waals surface area (Å²) < 4.78 is 6.13. The zero-order chi connectivity index (χ0) is 12.8. The molecule has 0 spiro atoms. The van der Waals surface area contributed by atoms with Crippen LogP contribution in [0, 0.1) is 5.41 Å². The van der Waals surface area contributed by atoms with Crippen molar-refractivity contribution in [1.82, 2.24) is 0 Å². The molecule has 1 nitrogen and oxygen atoms in total. The lowest BCUT2D eigenvalue weighted by atomic mass is 9.76. The highest BCUT2D eigenvalue weighted by atomic mass is 79.9. The topological polar surface area (TPSA) is 9.23 Å². The van der Waals surface area contributed by atoms with Crippen LogP contribution in [0.25, 0.3) is 0 Å². The summed E-state index contributed by atoms with van der Waals surface area (Å²) in [6.07, 6.45) is 6.91. The summed E-state index contributed by atoms with van der Waals surface area (Å²) >= 11 is 3.69. The molecule has 0 saturated heterocycles. The van der Waals surface area contributed by atoms with Crippen LogP contribution in [0.3, 0.4) is 0 Å². The summed E-state index contributed by atoms with van der Waals surface area (Å²) in [6, 6.07) is 10.5. The standard InChI is InChI=1S/C16H23BrO/c1-14(15-8-4-2-5-9-15)18-13-16(12-17)10-6-3-7-11-16/h2,4-5,8-9,14H,3,6-7,10-13H2,1H3. The van der Waals surface area contributed by atoms with Crippen molar-refractivity contribution in [2.24, 2.45) is 5.41 Å². The molecule has 18 heavy (non-hydrogen) atoms. The Morgan fingerprint density at radius 2 is 1.83 bits per heavy atom. The van der Waals surface area contributed by atoms with E-state index in [0.717, 1.165) is 11.9 Å². The summed E-state index contributed by atoms with van der Waals surface area (Å²) in [5, 5.41) is 1.07. The molecule has 0 aromatic heterocycles. The molecule has 0 heterocycles. The average Bonchev–Trinajstić information content (AvgIpc) is 2.47. The first kappa shape index (κ1) is 14.1. The van der Waals surface area contributed by atoms with Gasteiger partial charge in [-0.05, 0) is 25.3 Å². The molecule has 100 valence electrons. The summed E-state index contributed by atoms with van der Waals surface area (Å²) in [4.78, 5) is 0. The van der Waals surface area contributed by atoms with Crippen molar-refractivity contribution in [2.45, 2.75) is 45.1 Å². The molecule has 0 bridgehead atoms. The Bertz CT molecular complexity index is 343. The van der Waals surface area contributed by atoms with Crippen LogP contribution < -0.4 is 0 Å². The highest BCUT2D eigenvalue weighted by Crippen LogP contribution is 2.39. The van der Waals surface area contributed by atoms with Crippen LogP contribution in [0.2, 0.25) is 0 Å². The van der Waals surface area contributed by atoms with Crippen LogP contribution >= 0.6 is 15.9 Å². The zero-order valence-corrected chi connectivity index (χ0v) is 12.8. The normalized spacial score (nSPS) is 20.6. The van der Waals surface area contributed by atoms with E-state index < -0.39 is 0 Å². The van der Waals surface area contributed by atoms with Gasteiger partial charge in [0.25, 0.3) is 0 Å². The number of alkyl halides is 1. The van der Waals surface area contributed by atoms with E-state index in [9.17, 15) is 0 Å². The lowest BCUT2D eigenvalue weighted by molar-refractivity contribution is -0.00795. The van der Waals surface area contributed by atoms with Crippen molar-refractivity contribution in [3.8, 4) is 0 Å². The molecule has 0 amide bonds. The van der Waals surface area contributed by atoms with E-state index in [1.165, 1.54) is 37.7 Å². The Morgan fingerprint density at radius 3 is 2.44 bits per heavy atom. The van der Waals surface area contributed by atoms with Gasteiger partial charge >= 0.3 is 0 Å². The molecule has 0 aliphatic heterocycles. The third-order valence-corrected chi connectivity index (χ3v) is 5.30. The fourth-order valence-electron chi connectivity index (χ4n) is 2.74. The second-order valence-corrected chi connectivity index (χ2v) is 6.12. The quantitative estimate of drug-likeness (QED) is 0.687. The van der Waals surface area contributed by atoms with Crippen molar-refractivity contribution in [3.05, 3.63) is 35.9 Å². The molecule has 0 radical (unpaired) electrons. The summed E-state index contributed by atoms with van der Waals surface area (Å²) in [6.45, 7) is 3.04. The lowest BCUT2D eigenvalue weighted by Crippen LogP contribution is -2.31. The molecule has 1 aliphatic carbocycles. The monoisotopic (exact) mass is 310 g/mol. The van der Waals surface area contributed by atoms with E-state index >= 15 is 0 Å². The largest absolute Gasteiger partial charge is 0.373 e. The van der Waals surface area contributed by atoms with Gasteiger partial charge in [0, 0.05) is 10.7 Å². The van der Waals surface area contributed by atoms with Gasteiger partial charge < -0.3 is 4.74 Å². The number of benzene rings is 1. The fraction of sp³-hybridized carbons (Fsp3) is 0.625. The van der Waals surface area contributed by atoms with Crippen LogP contribution in [0.1, 0.15) is 50.7 Å². The maximum atomic E-state index is 6.13. The Balaban J connectivity index is 1.90. The highest BCUT2D eigenvalue weighted by Gasteiger charge is 2.31. The van der Waals surface area contributed by atoms with Gasteiger partial charge in [0.15, 0.2) is 0 Å². The minimum atomic E-state index is 0.198. The van der Waals surface area contributed by atoms with Gasteiger partial charge in [-0.25, -0.2) is 0 Å². The van der Waals surface area contributed by atoms with Crippen molar-refractivity contribution in [2.75, 3.05) is 11.9 Å². The molecular formula is C16H23BrO. The third-order valence-electron chi connectivity index (χ3n) is 4.11. The van der Waals surface area contributed by atoms with Gasteiger partial charge in [0.1, 0.15) is 0 Å². The smallest absolute Gasteiger partial charge is 0.0797 e. The molecule has 1 unspecified atom stereocenters. The number of ether oxygens (including phenoxy) is 1. The van der Waals surface area contributed by atoms with E-state index in [-0.39, 0.29) is 6.10 Å². The number of rotatable bonds is 5. The van der Waals surface area contributed by atoms with Crippen LogP contribution in [0.5, 0.6) is 0 Å². The number of halogens is 1. The maximum Gasteiger partial charge on any atom is 0.0797 e. The summed E-state index contributed by atoms with van der Waals surface area (Å²) in [7, 11) is 0. The minimum absolute atomic E-state index is 0.198. The van der Waals surface area contributed by atoms with Gasteiger partial charge in [-0.2, -0.15) is 0 Å². The van der Waals surface area contributed by atoms with Crippen molar-refractivity contribution in [1.29, 1.82) is 0 Å². The molecule has 1 fully saturated rings. The molecule has 1 aliphatic rings. The first-order valence-corrected chi connectivity index (χ1v) is 8.10. The van der Waals surface area contributed by atoms with E-state index in [1.54, 1.807) is 0 Å². The molecule has 1 atom stereocenters. The maximum absolute atomic E-state index is 6.13. The Labute approximate surface area is 119 Å². The van der Waals surface area contributed by atoms with Gasteiger partial charge in [-0.15, -0.1) is 0 Å². The third kappa shape index (κ3) is 3.58. The highest BCUT2D eigenvalue weighted by molar-refractivity contribution is 9.09. The Morgan fingerprint density at radius 1 is 1.17 bits per heavy atom. The lowest BCUT2D eigenvalue weighted by Gasteiger charge is -2.36. The van der Waals surface area contributed by atoms with Gasteiger partial charge in [-0.3, -0.25) is 0 Å². The molecule has 0 N–H and O–H groups in total. The van der Waals surface area contributed by atoms with Crippen molar-refractivity contribution in [3.63, 3.8) is 0 Å². The molecule has 2 rings (SSSR count). The van der Waals surface area contributed by atoms with E-state index in [2.05, 4.69) is 53.2 Å². The predicted molar refractivity (Wildman–Crippen MR) is 80.1 cm³/mol. The SMILES string of the molecule is CC(OCC1(CBr)CCCCC1)c1ccccc1. The summed E-state index contributed by atoms with van der Waals surface area (Å²) in [5.41, 5.74) is 1.65. The molecular weight excluding hydrogens is 288 g/mol. The van der Waals surface area contributed by atoms with Crippen LogP contribution in [-0.2, 0) is 4.74 Å². The average molecular weight is 311 g/mol. The molecule has 1 aromatic carbocycles. The van der Waals surface area contributed by atoms with Crippen molar-refractivity contribution >= 4 is 15.9 Å². The van der Waals surface area contributed by atoms with E-state index in [1.807, 2.05) is 0 Å². The van der Waals surface area contributed by atoms with Crippen LogP contribution in [0.4, 0.5) is 0 Å². The Kier molecular flexibility index (Phi) is 5.25. The first-order valence-electron chi connectivity index (χ1n) is 6.98. The fourth-order valence-corrected chi connectivity index (χ4v) is 3.46. The molecule has 2 heteroatoms. The Hall–Kier alpha value is -0.340. The van der Waals surface area contributed by atoms with E-state index in [4.69, 9.17) is 4.74 Å². The second kappa shape index (κ2) is 6.72. The van der Waals surface area contributed by atoms with E-state index in [0.29, 0.717) is 5.41 Å². The zero-order valence-electron chi connectivity index (χ0n) is 11.2.